The van der Waals surface area contributed by atoms with Crippen LogP contribution in [-0.4, -0.2) is 16.4 Å². The summed E-state index contributed by atoms with van der Waals surface area (Å²) in [6, 6.07) is 7.40. The molecule has 0 fully saturated rings. The van der Waals surface area contributed by atoms with E-state index in [4.69, 9.17) is 15.2 Å². The minimum Gasteiger partial charge on any atom is -0.494 e. The van der Waals surface area contributed by atoms with Gasteiger partial charge in [-0.3, -0.25) is 0 Å². The molecule has 5 nitrogen and oxygen atoms in total. The van der Waals surface area contributed by atoms with Crippen LogP contribution in [0.1, 0.15) is 12.6 Å². The van der Waals surface area contributed by atoms with E-state index in [0.29, 0.717) is 23.9 Å². The molecule has 0 spiro atoms. The molecule has 0 unspecified atom stereocenters. The summed E-state index contributed by atoms with van der Waals surface area (Å²) < 4.78 is 12.7. The van der Waals surface area contributed by atoms with E-state index in [1.807, 2.05) is 38.1 Å². The van der Waals surface area contributed by atoms with Gasteiger partial charge in [-0.25, -0.2) is 4.68 Å². The van der Waals surface area contributed by atoms with Gasteiger partial charge in [0.25, 0.3) is 0 Å². The number of aromatic nitrogens is 2. The molecule has 0 aliphatic carbocycles. The van der Waals surface area contributed by atoms with Crippen molar-refractivity contribution in [2.24, 2.45) is 7.05 Å². The fourth-order valence-electron chi connectivity index (χ4n) is 1.66. The quantitative estimate of drug-likeness (QED) is 0.901. The molecule has 0 saturated heterocycles. The molecule has 0 atom stereocenters. The van der Waals surface area contributed by atoms with Crippen LogP contribution in [0, 0.1) is 6.92 Å². The van der Waals surface area contributed by atoms with E-state index in [1.54, 1.807) is 11.7 Å². The smallest absolute Gasteiger partial charge is 0.241 e. The maximum Gasteiger partial charge on any atom is 0.241 e. The van der Waals surface area contributed by atoms with Crippen molar-refractivity contribution < 1.29 is 9.47 Å². The van der Waals surface area contributed by atoms with Gasteiger partial charge in [-0.1, -0.05) is 0 Å². The molecule has 18 heavy (non-hydrogen) atoms. The van der Waals surface area contributed by atoms with Crippen LogP contribution in [0.3, 0.4) is 0 Å². The first kappa shape index (κ1) is 12.3. The second-order valence-electron chi connectivity index (χ2n) is 3.93. The molecule has 1 aromatic carbocycles. The van der Waals surface area contributed by atoms with E-state index in [2.05, 4.69) is 5.10 Å². The Balaban J connectivity index is 2.18. The molecule has 2 N–H and O–H groups in total. The van der Waals surface area contributed by atoms with Crippen LogP contribution in [0.2, 0.25) is 0 Å². The van der Waals surface area contributed by atoms with E-state index in [0.717, 1.165) is 11.4 Å². The second-order valence-corrected chi connectivity index (χ2v) is 3.93. The van der Waals surface area contributed by atoms with Gasteiger partial charge in [0.15, 0.2) is 0 Å². The lowest BCUT2D eigenvalue weighted by Crippen LogP contribution is -1.97. The van der Waals surface area contributed by atoms with E-state index < -0.39 is 0 Å². The van der Waals surface area contributed by atoms with Crippen LogP contribution in [0.4, 0.5) is 5.69 Å². The number of nitrogens with zero attached hydrogens (tertiary/aromatic N) is 2. The first-order chi connectivity index (χ1) is 8.61. The van der Waals surface area contributed by atoms with E-state index in [1.165, 1.54) is 0 Å². The van der Waals surface area contributed by atoms with Crippen LogP contribution >= 0.6 is 0 Å². The van der Waals surface area contributed by atoms with Crippen LogP contribution in [0.5, 0.6) is 17.4 Å². The van der Waals surface area contributed by atoms with Crippen molar-refractivity contribution in [1.29, 1.82) is 0 Å². The minimum absolute atomic E-state index is 0.552. The third-order valence-corrected chi connectivity index (χ3v) is 2.56. The highest BCUT2D eigenvalue weighted by Crippen LogP contribution is 2.29. The Morgan fingerprint density at radius 3 is 2.33 bits per heavy atom. The van der Waals surface area contributed by atoms with E-state index in [9.17, 15) is 0 Å². The van der Waals surface area contributed by atoms with Gasteiger partial charge in [0, 0.05) is 7.05 Å². The van der Waals surface area contributed by atoms with Gasteiger partial charge < -0.3 is 15.2 Å². The number of nitrogen functional groups attached to an aromatic ring is 1. The molecule has 1 heterocycles. The van der Waals surface area contributed by atoms with Crippen molar-refractivity contribution in [3.05, 3.63) is 30.0 Å². The molecule has 0 aliphatic heterocycles. The monoisotopic (exact) mass is 247 g/mol. The Labute approximate surface area is 106 Å². The molecule has 2 aromatic rings. The number of aryl methyl sites for hydroxylation is 2. The van der Waals surface area contributed by atoms with Crippen molar-refractivity contribution in [3.8, 4) is 17.4 Å². The lowest BCUT2D eigenvalue weighted by molar-refractivity contribution is 0.339. The molecule has 0 aliphatic rings. The topological polar surface area (TPSA) is 62.3 Å². The number of ether oxygens (including phenoxy) is 2. The highest BCUT2D eigenvalue weighted by atomic mass is 16.5. The van der Waals surface area contributed by atoms with E-state index >= 15 is 0 Å². The molecule has 5 heteroatoms. The Bertz CT molecular complexity index is 532. The average Bonchev–Trinajstić information content (AvgIpc) is 2.59. The third-order valence-electron chi connectivity index (χ3n) is 2.56. The number of anilines is 1. The summed E-state index contributed by atoms with van der Waals surface area (Å²) in [7, 11) is 1.80. The summed E-state index contributed by atoms with van der Waals surface area (Å²) >= 11 is 0. The molecule has 0 saturated carbocycles. The van der Waals surface area contributed by atoms with Gasteiger partial charge in [-0.15, -0.1) is 0 Å². The summed E-state index contributed by atoms with van der Waals surface area (Å²) in [4.78, 5) is 0. The predicted octanol–water partition coefficient (Wildman–Crippen LogP) is 2.50. The highest BCUT2D eigenvalue weighted by molar-refractivity contribution is 5.53. The largest absolute Gasteiger partial charge is 0.494 e. The SMILES string of the molecule is CCOc1ccc(Oc2c(N)c(C)nn2C)cc1. The summed E-state index contributed by atoms with van der Waals surface area (Å²) in [5.74, 6) is 2.07. The van der Waals surface area contributed by atoms with Crippen LogP contribution in [0.15, 0.2) is 24.3 Å². The first-order valence-corrected chi connectivity index (χ1v) is 5.81. The zero-order valence-corrected chi connectivity index (χ0v) is 10.8. The second kappa shape index (κ2) is 5.00. The van der Waals surface area contributed by atoms with Crippen LogP contribution in [0.25, 0.3) is 0 Å². The summed E-state index contributed by atoms with van der Waals surface area (Å²) in [6.45, 7) is 4.44. The number of hydrogen-bond acceptors (Lipinski definition) is 4. The zero-order chi connectivity index (χ0) is 13.1. The van der Waals surface area contributed by atoms with Crippen molar-refractivity contribution in [1.82, 2.24) is 9.78 Å². The number of hydrogen-bond donors (Lipinski definition) is 1. The standard InChI is InChI=1S/C13H17N3O2/c1-4-17-10-5-7-11(8-6-10)18-13-12(14)9(2)15-16(13)3/h5-8H,4,14H2,1-3H3. The highest BCUT2D eigenvalue weighted by Gasteiger charge is 2.12. The average molecular weight is 247 g/mol. The van der Waals surface area contributed by atoms with Gasteiger partial charge in [0.1, 0.15) is 17.2 Å². The fraction of sp³-hybridized carbons (Fsp3) is 0.308. The van der Waals surface area contributed by atoms with Gasteiger partial charge in [0.05, 0.1) is 12.3 Å². The van der Waals surface area contributed by atoms with Gasteiger partial charge >= 0.3 is 0 Å². The molecule has 2 rings (SSSR count). The molecule has 0 amide bonds. The van der Waals surface area contributed by atoms with Gasteiger partial charge in [0.2, 0.25) is 5.88 Å². The lowest BCUT2D eigenvalue weighted by Gasteiger charge is -2.08. The Morgan fingerprint density at radius 2 is 1.83 bits per heavy atom. The first-order valence-electron chi connectivity index (χ1n) is 5.81. The normalized spacial score (nSPS) is 10.4. The minimum atomic E-state index is 0.552. The predicted molar refractivity (Wildman–Crippen MR) is 70.0 cm³/mol. The maximum absolute atomic E-state index is 5.90. The van der Waals surface area contributed by atoms with Crippen molar-refractivity contribution in [2.45, 2.75) is 13.8 Å². The maximum atomic E-state index is 5.90. The molecule has 96 valence electrons. The van der Waals surface area contributed by atoms with Crippen LogP contribution < -0.4 is 15.2 Å². The Hall–Kier alpha value is -2.17. The van der Waals surface area contributed by atoms with Crippen molar-refractivity contribution in [2.75, 3.05) is 12.3 Å². The molecule has 0 bridgehead atoms. The lowest BCUT2D eigenvalue weighted by atomic mass is 10.3. The summed E-state index contributed by atoms with van der Waals surface area (Å²) in [5.41, 5.74) is 7.22. The molecule has 0 radical (unpaired) electrons. The molecular formula is C13H17N3O2. The fourth-order valence-corrected chi connectivity index (χ4v) is 1.66. The van der Waals surface area contributed by atoms with Crippen molar-refractivity contribution >= 4 is 5.69 Å². The Morgan fingerprint density at radius 1 is 1.22 bits per heavy atom. The number of rotatable bonds is 4. The van der Waals surface area contributed by atoms with Gasteiger partial charge in [-0.05, 0) is 38.1 Å². The zero-order valence-electron chi connectivity index (χ0n) is 10.8. The third kappa shape index (κ3) is 2.40. The van der Waals surface area contributed by atoms with E-state index in [-0.39, 0.29) is 0 Å². The van der Waals surface area contributed by atoms with Crippen LogP contribution in [-0.2, 0) is 7.05 Å². The van der Waals surface area contributed by atoms with Crippen molar-refractivity contribution in [3.63, 3.8) is 0 Å². The summed E-state index contributed by atoms with van der Waals surface area (Å²) in [5, 5.41) is 4.20. The Kier molecular flexibility index (Phi) is 3.41. The molecule has 1 aromatic heterocycles. The van der Waals surface area contributed by atoms with Gasteiger partial charge in [-0.2, -0.15) is 5.10 Å². The summed E-state index contributed by atoms with van der Waals surface area (Å²) in [6.07, 6.45) is 0. The molecular weight excluding hydrogens is 230 g/mol. The number of benzene rings is 1. The number of nitrogens with two attached hydrogens (primary N) is 1.